The van der Waals surface area contributed by atoms with E-state index in [0.29, 0.717) is 19.5 Å². The van der Waals surface area contributed by atoms with Gasteiger partial charge in [0.1, 0.15) is 0 Å². The summed E-state index contributed by atoms with van der Waals surface area (Å²) in [6.45, 7) is 3.95. The molecule has 4 nitrogen and oxygen atoms in total. The first-order chi connectivity index (χ1) is 7.74. The van der Waals surface area contributed by atoms with Crippen LogP contribution in [-0.4, -0.2) is 41.4 Å². The molecular weight excluding hydrogens is 224 g/mol. The Morgan fingerprint density at radius 3 is 3.06 bits per heavy atom. The van der Waals surface area contributed by atoms with Crippen LogP contribution < -0.4 is 5.32 Å². The SMILES string of the molecule is C/C=C/CCNC(=O)CCN1CCSC1=O. The molecule has 1 heterocycles. The van der Waals surface area contributed by atoms with E-state index < -0.39 is 0 Å². The molecule has 5 heteroatoms. The largest absolute Gasteiger partial charge is 0.356 e. The fourth-order valence-corrected chi connectivity index (χ4v) is 2.27. The minimum atomic E-state index is 0.0224. The highest BCUT2D eigenvalue weighted by Crippen LogP contribution is 2.16. The van der Waals surface area contributed by atoms with E-state index in [1.165, 1.54) is 11.8 Å². The fourth-order valence-electron chi connectivity index (χ4n) is 1.42. The number of allylic oxidation sites excluding steroid dienone is 1. The normalized spacial score (nSPS) is 16.1. The van der Waals surface area contributed by atoms with Gasteiger partial charge in [-0.1, -0.05) is 23.9 Å². The zero-order valence-electron chi connectivity index (χ0n) is 9.57. The fraction of sp³-hybridized carbons (Fsp3) is 0.636. The van der Waals surface area contributed by atoms with Gasteiger partial charge in [-0.2, -0.15) is 0 Å². The second-order valence-electron chi connectivity index (χ2n) is 3.56. The minimum Gasteiger partial charge on any atom is -0.356 e. The van der Waals surface area contributed by atoms with E-state index in [4.69, 9.17) is 0 Å². The molecule has 0 bridgehead atoms. The molecule has 1 fully saturated rings. The molecule has 1 saturated heterocycles. The molecule has 0 saturated carbocycles. The number of hydrogen-bond acceptors (Lipinski definition) is 3. The molecule has 0 aliphatic carbocycles. The molecule has 1 aliphatic rings. The molecule has 0 aromatic carbocycles. The van der Waals surface area contributed by atoms with Crippen molar-refractivity contribution in [3.05, 3.63) is 12.2 Å². The predicted molar refractivity (Wildman–Crippen MR) is 66.5 cm³/mol. The van der Waals surface area contributed by atoms with Crippen LogP contribution in [0.25, 0.3) is 0 Å². The number of nitrogens with one attached hydrogen (secondary N) is 1. The van der Waals surface area contributed by atoms with Gasteiger partial charge in [0, 0.05) is 31.8 Å². The number of carbonyl (C=O) groups is 2. The van der Waals surface area contributed by atoms with E-state index in [0.717, 1.165) is 18.7 Å². The molecule has 1 N–H and O–H groups in total. The second-order valence-corrected chi connectivity index (χ2v) is 4.61. The van der Waals surface area contributed by atoms with Gasteiger partial charge in [-0.15, -0.1) is 0 Å². The van der Waals surface area contributed by atoms with Crippen LogP contribution in [0.3, 0.4) is 0 Å². The molecule has 0 radical (unpaired) electrons. The van der Waals surface area contributed by atoms with E-state index >= 15 is 0 Å². The van der Waals surface area contributed by atoms with Crippen molar-refractivity contribution in [3.63, 3.8) is 0 Å². The van der Waals surface area contributed by atoms with Crippen LogP contribution in [0, 0.1) is 0 Å². The Balaban J connectivity index is 2.08. The quantitative estimate of drug-likeness (QED) is 0.569. The number of nitrogens with zero attached hydrogens (tertiary/aromatic N) is 1. The summed E-state index contributed by atoms with van der Waals surface area (Å²) in [5.41, 5.74) is 0. The van der Waals surface area contributed by atoms with Gasteiger partial charge in [0.05, 0.1) is 0 Å². The number of amides is 2. The third-order valence-corrected chi connectivity index (χ3v) is 3.21. The highest BCUT2D eigenvalue weighted by atomic mass is 32.2. The van der Waals surface area contributed by atoms with Crippen LogP contribution >= 0.6 is 11.8 Å². The van der Waals surface area contributed by atoms with E-state index in [1.54, 1.807) is 4.90 Å². The van der Waals surface area contributed by atoms with Crippen LogP contribution in [-0.2, 0) is 4.79 Å². The minimum absolute atomic E-state index is 0.0224. The van der Waals surface area contributed by atoms with Crippen molar-refractivity contribution in [3.8, 4) is 0 Å². The topological polar surface area (TPSA) is 49.4 Å². The van der Waals surface area contributed by atoms with Crippen LogP contribution in [0.1, 0.15) is 19.8 Å². The second kappa shape index (κ2) is 7.33. The van der Waals surface area contributed by atoms with Crippen LogP contribution in [0.4, 0.5) is 4.79 Å². The average Bonchev–Trinajstić information content (AvgIpc) is 2.67. The number of carbonyl (C=O) groups excluding carboxylic acids is 2. The molecule has 2 amide bonds. The maximum absolute atomic E-state index is 11.4. The number of hydrogen-bond donors (Lipinski definition) is 1. The molecule has 0 unspecified atom stereocenters. The van der Waals surface area contributed by atoms with Crippen LogP contribution in [0.15, 0.2) is 12.2 Å². The molecule has 0 atom stereocenters. The molecule has 0 spiro atoms. The molecule has 1 rings (SSSR count). The highest BCUT2D eigenvalue weighted by Gasteiger charge is 2.20. The zero-order chi connectivity index (χ0) is 11.8. The summed E-state index contributed by atoms with van der Waals surface area (Å²) in [7, 11) is 0. The summed E-state index contributed by atoms with van der Waals surface area (Å²) < 4.78 is 0. The Morgan fingerprint density at radius 1 is 1.62 bits per heavy atom. The lowest BCUT2D eigenvalue weighted by Crippen LogP contribution is -2.31. The van der Waals surface area contributed by atoms with Crippen molar-refractivity contribution >= 4 is 22.9 Å². The Hall–Kier alpha value is -0.970. The summed E-state index contributed by atoms with van der Waals surface area (Å²) in [6.07, 6.45) is 5.25. The lowest BCUT2D eigenvalue weighted by atomic mass is 10.3. The lowest BCUT2D eigenvalue weighted by molar-refractivity contribution is -0.121. The van der Waals surface area contributed by atoms with Gasteiger partial charge in [0.15, 0.2) is 0 Å². The zero-order valence-corrected chi connectivity index (χ0v) is 10.4. The Bertz CT molecular complexity index is 279. The Morgan fingerprint density at radius 2 is 2.44 bits per heavy atom. The number of thioether (sulfide) groups is 1. The van der Waals surface area contributed by atoms with Gasteiger partial charge >= 0.3 is 0 Å². The first-order valence-corrected chi connectivity index (χ1v) is 6.52. The summed E-state index contributed by atoms with van der Waals surface area (Å²) in [6, 6.07) is 0. The summed E-state index contributed by atoms with van der Waals surface area (Å²) >= 11 is 1.33. The highest BCUT2D eigenvalue weighted by molar-refractivity contribution is 8.13. The van der Waals surface area contributed by atoms with Gasteiger partial charge < -0.3 is 10.2 Å². The van der Waals surface area contributed by atoms with Gasteiger partial charge in [-0.25, -0.2) is 0 Å². The summed E-state index contributed by atoms with van der Waals surface area (Å²) in [5.74, 6) is 0.871. The summed E-state index contributed by atoms with van der Waals surface area (Å²) in [5, 5.41) is 2.92. The Labute approximate surface area is 100 Å². The monoisotopic (exact) mass is 242 g/mol. The van der Waals surface area contributed by atoms with Gasteiger partial charge in [0.2, 0.25) is 5.91 Å². The van der Waals surface area contributed by atoms with Crippen molar-refractivity contribution < 1.29 is 9.59 Å². The molecule has 0 aromatic rings. The van der Waals surface area contributed by atoms with E-state index in [9.17, 15) is 9.59 Å². The summed E-state index contributed by atoms with van der Waals surface area (Å²) in [4.78, 5) is 24.4. The molecule has 90 valence electrons. The van der Waals surface area contributed by atoms with Crippen molar-refractivity contribution in [2.24, 2.45) is 0 Å². The van der Waals surface area contributed by atoms with E-state index in [2.05, 4.69) is 5.32 Å². The van der Waals surface area contributed by atoms with Gasteiger partial charge in [-0.05, 0) is 13.3 Å². The maximum Gasteiger partial charge on any atom is 0.281 e. The molecule has 16 heavy (non-hydrogen) atoms. The smallest absolute Gasteiger partial charge is 0.281 e. The van der Waals surface area contributed by atoms with Crippen molar-refractivity contribution in [1.82, 2.24) is 10.2 Å². The van der Waals surface area contributed by atoms with Crippen LogP contribution in [0.2, 0.25) is 0 Å². The first kappa shape index (κ1) is 13.1. The van der Waals surface area contributed by atoms with E-state index in [1.807, 2.05) is 19.1 Å². The Kier molecular flexibility index (Phi) is 6.00. The molecular formula is C11H18N2O2S. The van der Waals surface area contributed by atoms with Crippen molar-refractivity contribution in [2.45, 2.75) is 19.8 Å². The first-order valence-electron chi connectivity index (χ1n) is 5.53. The van der Waals surface area contributed by atoms with Gasteiger partial charge in [-0.3, -0.25) is 9.59 Å². The van der Waals surface area contributed by atoms with E-state index in [-0.39, 0.29) is 11.1 Å². The molecule has 0 aromatic heterocycles. The third kappa shape index (κ3) is 4.70. The predicted octanol–water partition coefficient (Wildman–Crippen LogP) is 1.63. The maximum atomic E-state index is 11.4. The molecule has 1 aliphatic heterocycles. The van der Waals surface area contributed by atoms with Crippen molar-refractivity contribution in [2.75, 3.05) is 25.4 Å². The number of rotatable bonds is 6. The van der Waals surface area contributed by atoms with Gasteiger partial charge in [0.25, 0.3) is 5.24 Å². The third-order valence-electron chi connectivity index (χ3n) is 2.32. The average molecular weight is 242 g/mol. The standard InChI is InChI=1S/C11H18N2O2S/c1-2-3-4-6-12-10(14)5-7-13-8-9-16-11(13)15/h2-3H,4-9H2,1H3,(H,12,14)/b3-2+. The van der Waals surface area contributed by atoms with Crippen molar-refractivity contribution in [1.29, 1.82) is 0 Å². The van der Waals surface area contributed by atoms with Crippen LogP contribution in [0.5, 0.6) is 0 Å². The lowest BCUT2D eigenvalue weighted by Gasteiger charge is -2.13.